The molecule has 0 saturated heterocycles. The second-order valence-electron chi connectivity index (χ2n) is 4.35. The average Bonchev–Trinajstić information content (AvgIpc) is 2.93. The molecule has 20 heavy (non-hydrogen) atoms. The van der Waals surface area contributed by atoms with Crippen molar-refractivity contribution in [3.8, 4) is 5.75 Å². The first kappa shape index (κ1) is 13.0. The number of hydrogen-bond donors (Lipinski definition) is 0. The van der Waals surface area contributed by atoms with Crippen molar-refractivity contribution in [2.75, 3.05) is 6.61 Å². The number of nitrogens with zero attached hydrogens (tertiary/aromatic N) is 2. The number of fused-ring (bicyclic) bond motifs is 1. The van der Waals surface area contributed by atoms with Crippen molar-refractivity contribution in [2.45, 2.75) is 23.6 Å². The molecule has 2 aromatic carbocycles. The number of aromatic nitrogens is 2. The summed E-state index contributed by atoms with van der Waals surface area (Å²) in [5, 5.41) is 7.94. The van der Waals surface area contributed by atoms with Gasteiger partial charge in [-0.3, -0.25) is 0 Å². The first-order valence-corrected chi connectivity index (χ1v) is 7.22. The Morgan fingerprint density at radius 1 is 1.15 bits per heavy atom. The second-order valence-corrected chi connectivity index (χ2v) is 5.47. The molecule has 102 valence electrons. The molecule has 0 N–H and O–H groups in total. The van der Waals surface area contributed by atoms with E-state index in [1.807, 2.05) is 50.2 Å². The summed E-state index contributed by atoms with van der Waals surface area (Å²) in [6.07, 6.45) is 0. The third-order valence-corrected chi connectivity index (χ3v) is 3.96. The van der Waals surface area contributed by atoms with Crippen LogP contribution in [0.4, 0.5) is 0 Å². The van der Waals surface area contributed by atoms with Gasteiger partial charge in [0, 0.05) is 9.79 Å². The molecule has 0 unspecified atom stereocenters. The zero-order valence-electron chi connectivity index (χ0n) is 11.3. The highest BCUT2D eigenvalue weighted by Crippen LogP contribution is 2.34. The molecule has 0 atom stereocenters. The van der Waals surface area contributed by atoms with E-state index in [1.54, 1.807) is 11.8 Å². The summed E-state index contributed by atoms with van der Waals surface area (Å²) in [4.78, 5) is 2.13. The molecule has 0 saturated carbocycles. The minimum Gasteiger partial charge on any atom is -0.494 e. The molecule has 4 nitrogen and oxygen atoms in total. The highest BCUT2D eigenvalue weighted by molar-refractivity contribution is 7.99. The van der Waals surface area contributed by atoms with Crippen LogP contribution in [-0.2, 0) is 0 Å². The van der Waals surface area contributed by atoms with Crippen molar-refractivity contribution in [3.63, 3.8) is 0 Å². The Morgan fingerprint density at radius 2 is 2.00 bits per heavy atom. The van der Waals surface area contributed by atoms with Gasteiger partial charge in [-0.05, 0) is 54.0 Å². The fourth-order valence-corrected chi connectivity index (χ4v) is 2.91. The van der Waals surface area contributed by atoms with E-state index in [1.165, 1.54) is 0 Å². The lowest BCUT2D eigenvalue weighted by molar-refractivity contribution is 0.315. The third-order valence-electron chi connectivity index (χ3n) is 2.92. The second kappa shape index (κ2) is 5.54. The quantitative estimate of drug-likeness (QED) is 0.723. The predicted octanol–water partition coefficient (Wildman–Crippen LogP) is 4.08. The van der Waals surface area contributed by atoms with Crippen molar-refractivity contribution >= 4 is 22.8 Å². The van der Waals surface area contributed by atoms with Crippen molar-refractivity contribution < 1.29 is 9.37 Å². The first-order valence-electron chi connectivity index (χ1n) is 6.40. The summed E-state index contributed by atoms with van der Waals surface area (Å²) < 4.78 is 10.4. The average molecular weight is 286 g/mol. The van der Waals surface area contributed by atoms with Gasteiger partial charge in [-0.25, -0.2) is 4.63 Å². The lowest BCUT2D eigenvalue weighted by atomic mass is 10.2. The molecular formula is C15H14N2O2S. The van der Waals surface area contributed by atoms with E-state index in [-0.39, 0.29) is 0 Å². The number of hydrogen-bond acceptors (Lipinski definition) is 5. The number of benzene rings is 2. The topological polar surface area (TPSA) is 48.2 Å². The molecule has 0 radical (unpaired) electrons. The van der Waals surface area contributed by atoms with E-state index in [2.05, 4.69) is 10.3 Å². The van der Waals surface area contributed by atoms with Crippen LogP contribution in [0.2, 0.25) is 0 Å². The van der Waals surface area contributed by atoms with Gasteiger partial charge in [0.1, 0.15) is 16.8 Å². The van der Waals surface area contributed by atoms with Crippen LogP contribution in [0.15, 0.2) is 50.8 Å². The Kier molecular flexibility index (Phi) is 3.60. The van der Waals surface area contributed by atoms with Gasteiger partial charge in [-0.2, -0.15) is 0 Å². The van der Waals surface area contributed by atoms with Gasteiger partial charge in [0.15, 0.2) is 0 Å². The molecular weight excluding hydrogens is 272 g/mol. The molecule has 0 amide bonds. The summed E-state index contributed by atoms with van der Waals surface area (Å²) >= 11 is 1.63. The third kappa shape index (κ3) is 2.49. The van der Waals surface area contributed by atoms with E-state index in [9.17, 15) is 0 Å². The lowest BCUT2D eigenvalue weighted by Crippen LogP contribution is -1.90. The van der Waals surface area contributed by atoms with Crippen LogP contribution >= 0.6 is 11.8 Å². The standard InChI is InChI=1S/C15H14N2O2S/c1-3-18-11-5-4-6-12(9-11)20-13-8-7-10(2)14-15(13)17-19-16-14/h4-9H,3H2,1-2H3. The molecule has 1 heterocycles. The van der Waals surface area contributed by atoms with Crippen molar-refractivity contribution in [1.29, 1.82) is 0 Å². The van der Waals surface area contributed by atoms with Crippen LogP contribution in [0.5, 0.6) is 5.75 Å². The van der Waals surface area contributed by atoms with Crippen LogP contribution in [0, 0.1) is 6.92 Å². The van der Waals surface area contributed by atoms with Crippen molar-refractivity contribution in [2.24, 2.45) is 0 Å². The fraction of sp³-hybridized carbons (Fsp3) is 0.200. The lowest BCUT2D eigenvalue weighted by Gasteiger charge is -2.06. The molecule has 0 aliphatic rings. The minimum atomic E-state index is 0.663. The summed E-state index contributed by atoms with van der Waals surface area (Å²) in [5.74, 6) is 0.874. The zero-order valence-corrected chi connectivity index (χ0v) is 12.1. The zero-order chi connectivity index (χ0) is 13.9. The predicted molar refractivity (Wildman–Crippen MR) is 78.3 cm³/mol. The van der Waals surface area contributed by atoms with Gasteiger partial charge in [0.25, 0.3) is 0 Å². The summed E-state index contributed by atoms with van der Waals surface area (Å²) in [6.45, 7) is 4.64. The van der Waals surface area contributed by atoms with Gasteiger partial charge in [0.2, 0.25) is 0 Å². The minimum absolute atomic E-state index is 0.663. The molecule has 0 aliphatic heterocycles. The van der Waals surface area contributed by atoms with E-state index >= 15 is 0 Å². The number of rotatable bonds is 4. The van der Waals surface area contributed by atoms with E-state index in [0.29, 0.717) is 6.61 Å². The molecule has 0 spiro atoms. The maximum absolute atomic E-state index is 5.52. The van der Waals surface area contributed by atoms with Gasteiger partial charge < -0.3 is 4.74 Å². The molecule has 0 bridgehead atoms. The van der Waals surface area contributed by atoms with Gasteiger partial charge in [-0.15, -0.1) is 0 Å². The Bertz CT molecular complexity index is 740. The Morgan fingerprint density at radius 3 is 2.85 bits per heavy atom. The van der Waals surface area contributed by atoms with Crippen LogP contribution in [0.3, 0.4) is 0 Å². The SMILES string of the molecule is CCOc1cccc(Sc2ccc(C)c3nonc23)c1. The Hall–Kier alpha value is -2.01. The molecule has 0 fully saturated rings. The number of ether oxygens (including phenoxy) is 1. The Balaban J connectivity index is 1.95. The fourth-order valence-electron chi connectivity index (χ4n) is 1.97. The van der Waals surface area contributed by atoms with Gasteiger partial charge in [-0.1, -0.05) is 23.9 Å². The van der Waals surface area contributed by atoms with Crippen LogP contribution in [0.25, 0.3) is 11.0 Å². The van der Waals surface area contributed by atoms with Gasteiger partial charge in [0.05, 0.1) is 6.61 Å². The van der Waals surface area contributed by atoms with E-state index in [4.69, 9.17) is 9.37 Å². The molecule has 5 heteroatoms. The van der Waals surface area contributed by atoms with Crippen LogP contribution in [0.1, 0.15) is 12.5 Å². The van der Waals surface area contributed by atoms with E-state index in [0.717, 1.165) is 32.1 Å². The maximum Gasteiger partial charge on any atom is 0.149 e. The number of aryl methyl sites for hydroxylation is 1. The highest BCUT2D eigenvalue weighted by atomic mass is 32.2. The smallest absolute Gasteiger partial charge is 0.149 e. The van der Waals surface area contributed by atoms with Gasteiger partial charge >= 0.3 is 0 Å². The molecule has 3 aromatic rings. The molecule has 0 aliphatic carbocycles. The largest absolute Gasteiger partial charge is 0.494 e. The summed E-state index contributed by atoms with van der Waals surface area (Å²) in [6, 6.07) is 12.1. The van der Waals surface area contributed by atoms with Crippen molar-refractivity contribution in [3.05, 3.63) is 42.0 Å². The highest BCUT2D eigenvalue weighted by Gasteiger charge is 2.10. The summed E-state index contributed by atoms with van der Waals surface area (Å²) in [7, 11) is 0. The van der Waals surface area contributed by atoms with E-state index < -0.39 is 0 Å². The Labute approximate surface area is 121 Å². The van der Waals surface area contributed by atoms with Crippen molar-refractivity contribution in [1.82, 2.24) is 10.3 Å². The normalized spacial score (nSPS) is 10.9. The monoisotopic (exact) mass is 286 g/mol. The van der Waals surface area contributed by atoms with Crippen LogP contribution < -0.4 is 4.74 Å². The molecule has 1 aromatic heterocycles. The molecule has 3 rings (SSSR count). The first-order chi connectivity index (χ1) is 9.78. The summed E-state index contributed by atoms with van der Waals surface area (Å²) in [5.41, 5.74) is 2.68. The van der Waals surface area contributed by atoms with Crippen LogP contribution in [-0.4, -0.2) is 16.9 Å². The maximum atomic E-state index is 5.52.